The maximum absolute atomic E-state index is 12.4. The topological polar surface area (TPSA) is 81.2 Å². The fraction of sp³-hybridized carbons (Fsp3) is 0.833. The molecule has 7 nitrogen and oxygen atoms in total. The molecular weight excluding hydrogens is 530 g/mol. The molecule has 0 radical (unpaired) electrons. The maximum Gasteiger partial charge on any atom is 0.322 e. The van der Waals surface area contributed by atoms with Crippen molar-refractivity contribution in [2.45, 2.75) is 118 Å². The molecule has 0 spiro atoms. The van der Waals surface area contributed by atoms with Crippen LogP contribution >= 0.6 is 24.4 Å². The van der Waals surface area contributed by atoms with Crippen LogP contribution in [-0.2, 0) is 9.59 Å². The average molecular weight is 582 g/mol. The van der Waals surface area contributed by atoms with E-state index in [0.717, 1.165) is 55.0 Å². The molecule has 39 heavy (non-hydrogen) atoms. The summed E-state index contributed by atoms with van der Waals surface area (Å²) in [5.74, 6) is 0.811. The van der Waals surface area contributed by atoms with E-state index >= 15 is 0 Å². The summed E-state index contributed by atoms with van der Waals surface area (Å²) < 4.78 is 0. The molecule has 2 aliphatic rings. The number of urea groups is 1. The third kappa shape index (κ3) is 10.5. The highest BCUT2D eigenvalue weighted by Crippen LogP contribution is 2.32. The van der Waals surface area contributed by atoms with Gasteiger partial charge in [-0.25, -0.2) is 4.79 Å². The van der Waals surface area contributed by atoms with Crippen LogP contribution in [0.25, 0.3) is 0 Å². The number of thiocarbonyl (C=S) groups is 2. The smallest absolute Gasteiger partial charge is 0.322 e. The molecule has 0 aromatic carbocycles. The van der Waals surface area contributed by atoms with E-state index in [1.54, 1.807) is 4.90 Å². The number of carbonyl (C=O) groups is 3. The van der Waals surface area contributed by atoms with Crippen molar-refractivity contribution in [1.29, 1.82) is 0 Å². The van der Waals surface area contributed by atoms with Gasteiger partial charge in [-0.15, -0.1) is 0 Å². The number of rotatable bonds is 18. The largest absolute Gasteiger partial charge is 0.372 e. The summed E-state index contributed by atoms with van der Waals surface area (Å²) in [6, 6.07) is -0.118. The molecule has 0 aromatic rings. The van der Waals surface area contributed by atoms with Gasteiger partial charge in [0.25, 0.3) is 0 Å². The van der Waals surface area contributed by atoms with Crippen molar-refractivity contribution in [2.24, 2.45) is 16.7 Å². The lowest BCUT2D eigenvalue weighted by atomic mass is 9.85. The van der Waals surface area contributed by atoms with Gasteiger partial charge in [-0.2, -0.15) is 0 Å². The van der Waals surface area contributed by atoms with Crippen LogP contribution < -0.4 is 0 Å². The van der Waals surface area contributed by atoms with E-state index in [-0.39, 0.29) is 28.4 Å². The molecular formula is C30H51N3O4S2. The zero-order chi connectivity index (χ0) is 29.4. The van der Waals surface area contributed by atoms with Crippen LogP contribution in [0.1, 0.15) is 112 Å². The van der Waals surface area contributed by atoms with Crippen molar-refractivity contribution < 1.29 is 19.5 Å². The first-order valence-corrected chi connectivity index (χ1v) is 15.6. The number of carbonyl (C=O) groups excluding carboxylic acids is 3. The van der Waals surface area contributed by atoms with Gasteiger partial charge < -0.3 is 14.9 Å². The number of amides is 2. The zero-order valence-electron chi connectivity index (χ0n) is 25.1. The van der Waals surface area contributed by atoms with E-state index in [4.69, 9.17) is 24.4 Å². The second-order valence-electron chi connectivity index (χ2n) is 13.0. The summed E-state index contributed by atoms with van der Waals surface area (Å²) in [5.41, 5.74) is -0.164. The standard InChI is InChI=1S/C30H51N3O4S2/c1-7-22-18-26(38)33(27(22)39)21-30(5,6)17-11-15-24(35)13-9-12-23(34)14-10-16-29(3,4)20-32-25(36)19-31(8-2)28(32)37/h22,25,36H,7-21H2,1-6H3. The van der Waals surface area contributed by atoms with Gasteiger partial charge >= 0.3 is 6.03 Å². The van der Waals surface area contributed by atoms with E-state index in [2.05, 4.69) is 39.5 Å². The molecule has 0 bridgehead atoms. The molecule has 2 fully saturated rings. The molecule has 2 amide bonds. The number of likely N-dealkylation sites (tertiary alicyclic amines) is 1. The number of Topliss-reactive ketones (excluding diaryl/α,β-unsaturated/α-hetero) is 2. The molecule has 2 rings (SSSR count). The number of hydrogen-bond donors (Lipinski definition) is 1. The molecule has 2 aliphatic heterocycles. The lowest BCUT2D eigenvalue weighted by molar-refractivity contribution is -0.120. The quantitative estimate of drug-likeness (QED) is 0.194. The maximum atomic E-state index is 12.4. The Balaban J connectivity index is 1.60. The Hall–Kier alpha value is -1.45. The van der Waals surface area contributed by atoms with Gasteiger partial charge in [-0.1, -0.05) is 59.1 Å². The van der Waals surface area contributed by atoms with Crippen LogP contribution in [0, 0.1) is 16.7 Å². The molecule has 0 aliphatic carbocycles. The summed E-state index contributed by atoms with van der Waals surface area (Å²) >= 11 is 11.2. The lowest BCUT2D eigenvalue weighted by Gasteiger charge is -2.31. The average Bonchev–Trinajstić information content (AvgIpc) is 3.27. The SMILES string of the molecule is CCC1CC(=S)N(CC(C)(C)CCCC(=O)CCCC(=O)CCCC(C)(C)CN2C(=O)N(CC)CC2O)C1=S. The van der Waals surface area contributed by atoms with Crippen molar-refractivity contribution >= 4 is 52.0 Å². The van der Waals surface area contributed by atoms with E-state index in [9.17, 15) is 19.5 Å². The van der Waals surface area contributed by atoms with Gasteiger partial charge in [-0.05, 0) is 56.3 Å². The minimum atomic E-state index is -0.767. The minimum Gasteiger partial charge on any atom is -0.372 e. The summed E-state index contributed by atoms with van der Waals surface area (Å²) in [7, 11) is 0. The van der Waals surface area contributed by atoms with Crippen molar-refractivity contribution in [3.05, 3.63) is 0 Å². The summed E-state index contributed by atoms with van der Waals surface area (Å²) in [6.45, 7) is 14.9. The Bertz CT molecular complexity index is 905. The Morgan fingerprint density at radius 2 is 1.41 bits per heavy atom. The number of nitrogens with zero attached hydrogens (tertiary/aromatic N) is 3. The zero-order valence-corrected chi connectivity index (χ0v) is 26.7. The molecule has 0 saturated carbocycles. The minimum absolute atomic E-state index is 0.0241. The van der Waals surface area contributed by atoms with Crippen molar-refractivity contribution in [1.82, 2.24) is 14.7 Å². The van der Waals surface area contributed by atoms with Crippen LogP contribution in [0.2, 0.25) is 0 Å². The summed E-state index contributed by atoms with van der Waals surface area (Å²) in [6.07, 6.45) is 7.00. The van der Waals surface area contributed by atoms with Crippen LogP contribution in [-0.4, -0.2) is 79.8 Å². The normalized spacial score (nSPS) is 20.5. The molecule has 1 N–H and O–H groups in total. The Morgan fingerprint density at radius 3 is 1.87 bits per heavy atom. The summed E-state index contributed by atoms with van der Waals surface area (Å²) in [5, 5.41) is 10.2. The molecule has 222 valence electrons. The number of likely N-dealkylation sites (N-methyl/N-ethyl adjacent to an activating group) is 1. The van der Waals surface area contributed by atoms with E-state index in [1.165, 1.54) is 4.90 Å². The molecule has 0 aromatic heterocycles. The van der Waals surface area contributed by atoms with Crippen LogP contribution in [0.15, 0.2) is 0 Å². The molecule has 2 atom stereocenters. The first kappa shape index (κ1) is 33.8. The van der Waals surface area contributed by atoms with Gasteiger partial charge in [0, 0.05) is 57.7 Å². The molecule has 2 unspecified atom stereocenters. The van der Waals surface area contributed by atoms with Gasteiger partial charge in [-0.3, -0.25) is 14.5 Å². The predicted molar refractivity (Wildman–Crippen MR) is 165 cm³/mol. The fourth-order valence-corrected chi connectivity index (χ4v) is 6.51. The highest BCUT2D eigenvalue weighted by Gasteiger charge is 2.38. The van der Waals surface area contributed by atoms with Crippen molar-refractivity contribution in [2.75, 3.05) is 26.2 Å². The first-order valence-electron chi connectivity index (χ1n) is 14.8. The van der Waals surface area contributed by atoms with Crippen molar-refractivity contribution in [3.63, 3.8) is 0 Å². The second kappa shape index (κ2) is 15.0. The Labute approximate surface area is 247 Å². The Morgan fingerprint density at radius 1 is 0.897 bits per heavy atom. The third-order valence-electron chi connectivity index (χ3n) is 8.19. The van der Waals surface area contributed by atoms with Crippen molar-refractivity contribution in [3.8, 4) is 0 Å². The first-order chi connectivity index (χ1) is 18.2. The number of aliphatic hydroxyl groups excluding tert-OH is 1. The van der Waals surface area contributed by atoms with Gasteiger partial charge in [0.05, 0.1) is 16.5 Å². The number of β-amino-alcohol motifs (C(OH)–C–C–N with tert-alkyl or cyclic N) is 1. The highest BCUT2D eigenvalue weighted by atomic mass is 32.1. The van der Waals surface area contributed by atoms with E-state index < -0.39 is 6.23 Å². The second-order valence-corrected chi connectivity index (χ2v) is 13.9. The van der Waals surface area contributed by atoms with Crippen LogP contribution in [0.4, 0.5) is 4.79 Å². The van der Waals surface area contributed by atoms with Gasteiger partial charge in [0.2, 0.25) is 0 Å². The van der Waals surface area contributed by atoms with Crippen LogP contribution in [0.3, 0.4) is 0 Å². The van der Waals surface area contributed by atoms with Crippen LogP contribution in [0.5, 0.6) is 0 Å². The molecule has 9 heteroatoms. The lowest BCUT2D eigenvalue weighted by Crippen LogP contribution is -2.41. The predicted octanol–water partition coefficient (Wildman–Crippen LogP) is 6.15. The number of ketones is 2. The van der Waals surface area contributed by atoms with Gasteiger partial charge in [0.15, 0.2) is 0 Å². The number of hydrogen-bond acceptors (Lipinski definition) is 6. The molecule has 2 heterocycles. The number of aliphatic hydroxyl groups is 1. The van der Waals surface area contributed by atoms with E-state index in [1.807, 2.05) is 6.92 Å². The summed E-state index contributed by atoms with van der Waals surface area (Å²) in [4.78, 5) is 44.5. The monoisotopic (exact) mass is 581 g/mol. The molecule has 2 saturated heterocycles. The van der Waals surface area contributed by atoms with Gasteiger partial charge in [0.1, 0.15) is 17.8 Å². The highest BCUT2D eigenvalue weighted by molar-refractivity contribution is 7.82. The third-order valence-corrected chi connectivity index (χ3v) is 9.13. The fourth-order valence-electron chi connectivity index (χ4n) is 5.67. The van der Waals surface area contributed by atoms with E-state index in [0.29, 0.717) is 57.7 Å². The Kier molecular flexibility index (Phi) is 13.0.